The molecule has 23 heavy (non-hydrogen) atoms. The lowest BCUT2D eigenvalue weighted by Crippen LogP contribution is -2.24. The molecule has 0 aliphatic carbocycles. The number of nitrogens with one attached hydrogen (secondary N) is 1. The maximum atomic E-state index is 11.4. The van der Waals surface area contributed by atoms with Gasteiger partial charge in [0.25, 0.3) is 0 Å². The van der Waals surface area contributed by atoms with Crippen LogP contribution >= 0.6 is 0 Å². The van der Waals surface area contributed by atoms with Gasteiger partial charge in [-0.05, 0) is 36.5 Å². The van der Waals surface area contributed by atoms with Gasteiger partial charge >= 0.3 is 5.97 Å². The first-order valence-corrected chi connectivity index (χ1v) is 8.10. The zero-order valence-corrected chi connectivity index (χ0v) is 14.2. The summed E-state index contributed by atoms with van der Waals surface area (Å²) in [5, 5.41) is 11.7. The fourth-order valence-corrected chi connectivity index (χ4v) is 2.28. The van der Waals surface area contributed by atoms with E-state index in [1.54, 1.807) is 24.3 Å². The second-order valence-corrected chi connectivity index (χ2v) is 6.08. The van der Waals surface area contributed by atoms with E-state index in [-0.39, 0.29) is 12.3 Å². The van der Waals surface area contributed by atoms with Gasteiger partial charge in [-0.2, -0.15) is 0 Å². The summed E-state index contributed by atoms with van der Waals surface area (Å²) in [7, 11) is 1.50. The van der Waals surface area contributed by atoms with E-state index in [2.05, 4.69) is 19.2 Å². The molecular weight excluding hydrogens is 294 g/mol. The Morgan fingerprint density at radius 3 is 2.35 bits per heavy atom. The second kappa shape index (κ2) is 9.87. The molecule has 2 N–H and O–H groups in total. The quantitative estimate of drug-likeness (QED) is 0.649. The SMILES string of the molecule is CNC(=O)C[C@@H](C(=O)O)c1ccc(OCCCCC(C)C)cc1. The van der Waals surface area contributed by atoms with Gasteiger partial charge in [-0.1, -0.05) is 32.4 Å². The van der Waals surface area contributed by atoms with Gasteiger partial charge in [0.05, 0.1) is 12.5 Å². The van der Waals surface area contributed by atoms with Crippen molar-refractivity contribution in [2.75, 3.05) is 13.7 Å². The first-order valence-electron chi connectivity index (χ1n) is 8.10. The molecule has 1 atom stereocenters. The third kappa shape index (κ3) is 7.17. The minimum absolute atomic E-state index is 0.0682. The van der Waals surface area contributed by atoms with Crippen molar-refractivity contribution >= 4 is 11.9 Å². The van der Waals surface area contributed by atoms with Crippen molar-refractivity contribution in [3.63, 3.8) is 0 Å². The van der Waals surface area contributed by atoms with E-state index in [0.717, 1.165) is 18.6 Å². The molecule has 0 aliphatic heterocycles. The van der Waals surface area contributed by atoms with Crippen LogP contribution in [0.1, 0.15) is 51.0 Å². The standard InChI is InChI=1S/C18H27NO4/c1-13(2)6-4-5-11-23-15-9-7-14(8-10-15)16(18(21)22)12-17(20)19-3/h7-10,13,16H,4-6,11-12H2,1-3H3,(H,19,20)(H,21,22)/t16-/m1/s1. The number of rotatable bonds is 10. The number of hydrogen-bond donors (Lipinski definition) is 2. The Morgan fingerprint density at radius 2 is 1.83 bits per heavy atom. The number of benzene rings is 1. The molecule has 0 aromatic heterocycles. The van der Waals surface area contributed by atoms with E-state index in [1.807, 2.05) is 0 Å². The van der Waals surface area contributed by atoms with Crippen LogP contribution in [0.2, 0.25) is 0 Å². The predicted octanol–water partition coefficient (Wildman–Crippen LogP) is 3.20. The van der Waals surface area contributed by atoms with Crippen molar-refractivity contribution in [3.8, 4) is 5.75 Å². The molecule has 0 saturated carbocycles. The topological polar surface area (TPSA) is 75.6 Å². The number of amides is 1. The Labute approximate surface area is 138 Å². The monoisotopic (exact) mass is 321 g/mol. The fourth-order valence-electron chi connectivity index (χ4n) is 2.28. The molecule has 0 aliphatic rings. The summed E-state index contributed by atoms with van der Waals surface area (Å²) in [5.41, 5.74) is 0.605. The molecule has 0 fully saturated rings. The van der Waals surface area contributed by atoms with Crippen molar-refractivity contribution in [3.05, 3.63) is 29.8 Å². The lowest BCUT2D eigenvalue weighted by Gasteiger charge is -2.13. The Morgan fingerprint density at radius 1 is 1.17 bits per heavy atom. The highest BCUT2D eigenvalue weighted by atomic mass is 16.5. The molecule has 1 amide bonds. The molecule has 1 rings (SSSR count). The smallest absolute Gasteiger partial charge is 0.311 e. The van der Waals surface area contributed by atoms with E-state index < -0.39 is 11.9 Å². The molecule has 128 valence electrons. The average Bonchev–Trinajstić information content (AvgIpc) is 2.52. The van der Waals surface area contributed by atoms with E-state index in [9.17, 15) is 14.7 Å². The highest BCUT2D eigenvalue weighted by Crippen LogP contribution is 2.23. The Hall–Kier alpha value is -2.04. The molecule has 0 spiro atoms. The highest BCUT2D eigenvalue weighted by Gasteiger charge is 2.22. The molecule has 0 bridgehead atoms. The van der Waals surface area contributed by atoms with Crippen LogP contribution in [0, 0.1) is 5.92 Å². The minimum atomic E-state index is -1.00. The zero-order chi connectivity index (χ0) is 17.2. The molecular formula is C18H27NO4. The maximum Gasteiger partial charge on any atom is 0.311 e. The predicted molar refractivity (Wildman–Crippen MR) is 89.7 cm³/mol. The van der Waals surface area contributed by atoms with Crippen molar-refractivity contribution in [1.82, 2.24) is 5.32 Å². The zero-order valence-electron chi connectivity index (χ0n) is 14.2. The van der Waals surface area contributed by atoms with Gasteiger partial charge < -0.3 is 15.2 Å². The number of ether oxygens (including phenoxy) is 1. The van der Waals surface area contributed by atoms with E-state index in [4.69, 9.17) is 4.74 Å². The first-order chi connectivity index (χ1) is 10.9. The number of carbonyl (C=O) groups excluding carboxylic acids is 1. The van der Waals surface area contributed by atoms with Crippen molar-refractivity contribution in [2.24, 2.45) is 5.92 Å². The normalized spacial score (nSPS) is 12.0. The number of unbranched alkanes of at least 4 members (excludes halogenated alkanes) is 1. The largest absolute Gasteiger partial charge is 0.494 e. The van der Waals surface area contributed by atoms with Crippen LogP contribution < -0.4 is 10.1 Å². The van der Waals surface area contributed by atoms with E-state index >= 15 is 0 Å². The van der Waals surface area contributed by atoms with E-state index in [1.165, 1.54) is 13.5 Å². The lowest BCUT2D eigenvalue weighted by molar-refractivity contribution is -0.140. The number of carboxylic acids is 1. The molecule has 0 radical (unpaired) electrons. The van der Waals surface area contributed by atoms with E-state index in [0.29, 0.717) is 18.1 Å². The molecule has 1 aromatic rings. The Balaban J connectivity index is 2.53. The Kier molecular flexibility index (Phi) is 8.16. The van der Waals surface area contributed by atoms with Gasteiger partial charge in [0.15, 0.2) is 0 Å². The molecule has 1 aromatic carbocycles. The van der Waals surface area contributed by atoms with Gasteiger partial charge in [-0.25, -0.2) is 0 Å². The molecule has 0 unspecified atom stereocenters. The van der Waals surface area contributed by atoms with Gasteiger partial charge in [0.1, 0.15) is 5.75 Å². The summed E-state index contributed by atoms with van der Waals surface area (Å²) in [4.78, 5) is 22.7. The van der Waals surface area contributed by atoms with Gasteiger partial charge in [-0.3, -0.25) is 9.59 Å². The summed E-state index contributed by atoms with van der Waals surface area (Å²) in [5.74, 6) is -0.696. The average molecular weight is 321 g/mol. The summed E-state index contributed by atoms with van der Waals surface area (Å²) in [6.07, 6.45) is 3.28. The van der Waals surface area contributed by atoms with Gasteiger partial charge in [-0.15, -0.1) is 0 Å². The first kappa shape index (κ1) is 19.0. The van der Waals surface area contributed by atoms with Crippen LogP contribution in [0.5, 0.6) is 5.75 Å². The Bertz CT molecular complexity index is 496. The van der Waals surface area contributed by atoms with Crippen LogP contribution in [0.4, 0.5) is 0 Å². The molecule has 0 saturated heterocycles. The number of carbonyl (C=O) groups is 2. The second-order valence-electron chi connectivity index (χ2n) is 6.08. The maximum absolute atomic E-state index is 11.4. The highest BCUT2D eigenvalue weighted by molar-refractivity contribution is 5.85. The molecule has 5 heteroatoms. The molecule has 5 nitrogen and oxygen atoms in total. The summed E-state index contributed by atoms with van der Waals surface area (Å²) in [6, 6.07) is 6.95. The number of hydrogen-bond acceptors (Lipinski definition) is 3. The van der Waals surface area contributed by atoms with Crippen molar-refractivity contribution in [2.45, 2.75) is 45.4 Å². The fraction of sp³-hybridized carbons (Fsp3) is 0.556. The summed E-state index contributed by atoms with van der Waals surface area (Å²) < 4.78 is 5.66. The van der Waals surface area contributed by atoms with Crippen LogP contribution in [0.15, 0.2) is 24.3 Å². The van der Waals surface area contributed by atoms with Crippen molar-refractivity contribution in [1.29, 1.82) is 0 Å². The van der Waals surface area contributed by atoms with Crippen LogP contribution in [0.25, 0.3) is 0 Å². The summed E-state index contributed by atoms with van der Waals surface area (Å²) in [6.45, 7) is 5.07. The minimum Gasteiger partial charge on any atom is -0.494 e. The number of aliphatic carboxylic acids is 1. The van der Waals surface area contributed by atoms with Crippen LogP contribution in [0.3, 0.4) is 0 Å². The third-order valence-electron chi connectivity index (χ3n) is 3.69. The van der Waals surface area contributed by atoms with Crippen LogP contribution in [-0.4, -0.2) is 30.6 Å². The van der Waals surface area contributed by atoms with Gasteiger partial charge in [0.2, 0.25) is 5.91 Å². The summed E-state index contributed by atoms with van der Waals surface area (Å²) >= 11 is 0. The van der Waals surface area contributed by atoms with Crippen molar-refractivity contribution < 1.29 is 19.4 Å². The number of carboxylic acid groups (broad SMARTS) is 1. The lowest BCUT2D eigenvalue weighted by atomic mass is 9.95. The van der Waals surface area contributed by atoms with Gasteiger partial charge in [0, 0.05) is 13.5 Å². The third-order valence-corrected chi connectivity index (χ3v) is 3.69. The van der Waals surface area contributed by atoms with Crippen LogP contribution in [-0.2, 0) is 9.59 Å². The molecule has 0 heterocycles.